The molecule has 0 rings (SSSR count). The second-order valence-electron chi connectivity index (χ2n) is 7.05. The predicted molar refractivity (Wildman–Crippen MR) is 113 cm³/mol. The second-order valence-corrected chi connectivity index (χ2v) is 9.88. The molecule has 0 aliphatic carbocycles. The topological polar surface area (TPSA) is 113 Å². The molecule has 0 aromatic carbocycles. The van der Waals surface area contributed by atoms with Crippen LogP contribution in [0.5, 0.6) is 0 Å². The van der Waals surface area contributed by atoms with Crippen molar-refractivity contribution < 1.29 is 32.6 Å². The summed E-state index contributed by atoms with van der Waals surface area (Å²) >= 11 is 0. The molecule has 0 aliphatic rings. The molecule has 0 heterocycles. The SMILES string of the molecule is CC(C)=CC/C(C)=C/CC/C(C)=C/CC/C(C)=C/COP(=O)(O)OP(=O)(O)O. The molecule has 0 aromatic heterocycles. The van der Waals surface area contributed by atoms with E-state index in [1.807, 2.05) is 6.92 Å². The summed E-state index contributed by atoms with van der Waals surface area (Å²) in [6.07, 6.45) is 12.9. The maximum atomic E-state index is 11.3. The van der Waals surface area contributed by atoms with E-state index in [1.54, 1.807) is 6.08 Å². The van der Waals surface area contributed by atoms with Gasteiger partial charge in [0, 0.05) is 0 Å². The van der Waals surface area contributed by atoms with Crippen molar-refractivity contribution in [3.63, 3.8) is 0 Å². The lowest BCUT2D eigenvalue weighted by molar-refractivity contribution is 0.191. The van der Waals surface area contributed by atoms with Gasteiger partial charge in [-0.25, -0.2) is 9.13 Å². The Balaban J connectivity index is 4.23. The molecule has 1 unspecified atom stereocenters. The molecule has 1 atom stereocenters. The quantitative estimate of drug-likeness (QED) is 0.241. The average Bonchev–Trinajstić information content (AvgIpc) is 2.50. The van der Waals surface area contributed by atoms with E-state index in [0.29, 0.717) is 0 Å². The zero-order chi connectivity index (χ0) is 21.8. The van der Waals surface area contributed by atoms with E-state index in [1.165, 1.54) is 16.7 Å². The van der Waals surface area contributed by atoms with Crippen LogP contribution in [0.3, 0.4) is 0 Å². The molecule has 0 bridgehead atoms. The third-order valence-corrected chi connectivity index (χ3v) is 5.93. The number of rotatable bonds is 13. The zero-order valence-corrected chi connectivity index (χ0v) is 19.2. The van der Waals surface area contributed by atoms with Crippen molar-refractivity contribution in [3.8, 4) is 0 Å². The van der Waals surface area contributed by atoms with Crippen LogP contribution in [0.1, 0.15) is 66.7 Å². The fourth-order valence-electron chi connectivity index (χ4n) is 2.18. The Labute approximate surface area is 168 Å². The molecule has 0 spiro atoms. The van der Waals surface area contributed by atoms with E-state index in [-0.39, 0.29) is 6.61 Å². The van der Waals surface area contributed by atoms with Gasteiger partial charge in [-0.1, -0.05) is 46.6 Å². The monoisotopic (exact) mass is 436 g/mol. The normalized spacial score (nSPS) is 16.1. The van der Waals surface area contributed by atoms with Crippen LogP contribution in [0.2, 0.25) is 0 Å². The highest BCUT2D eigenvalue weighted by Crippen LogP contribution is 2.57. The molecule has 0 saturated heterocycles. The van der Waals surface area contributed by atoms with Gasteiger partial charge in [-0.3, -0.25) is 4.52 Å². The van der Waals surface area contributed by atoms with Gasteiger partial charge in [0.1, 0.15) is 0 Å². The summed E-state index contributed by atoms with van der Waals surface area (Å²) in [4.78, 5) is 26.2. The third-order valence-electron chi connectivity index (χ3n) is 3.77. The van der Waals surface area contributed by atoms with Gasteiger partial charge in [0.2, 0.25) is 0 Å². The first-order valence-electron chi connectivity index (χ1n) is 9.15. The summed E-state index contributed by atoms with van der Waals surface area (Å²) in [5, 5.41) is 0. The van der Waals surface area contributed by atoms with E-state index in [4.69, 9.17) is 14.7 Å². The van der Waals surface area contributed by atoms with Gasteiger partial charge in [-0.2, -0.15) is 4.31 Å². The number of hydrogen-bond acceptors (Lipinski definition) is 4. The van der Waals surface area contributed by atoms with Gasteiger partial charge in [-0.05, 0) is 66.7 Å². The summed E-state index contributed by atoms with van der Waals surface area (Å²) < 4.78 is 30.1. The molecular weight excluding hydrogens is 402 g/mol. The van der Waals surface area contributed by atoms with Crippen LogP contribution < -0.4 is 0 Å². The molecule has 0 aliphatic heterocycles. The van der Waals surface area contributed by atoms with Gasteiger partial charge in [0.15, 0.2) is 0 Å². The van der Waals surface area contributed by atoms with Crippen LogP contribution in [-0.2, 0) is 18.0 Å². The van der Waals surface area contributed by atoms with Crippen molar-refractivity contribution in [2.75, 3.05) is 6.61 Å². The summed E-state index contributed by atoms with van der Waals surface area (Å²) in [6, 6.07) is 0. The Morgan fingerprint density at radius 1 is 0.786 bits per heavy atom. The molecule has 7 nitrogen and oxygen atoms in total. The standard InChI is InChI=1S/C19H34O7P2/c1-16(2)12-13-18(4)10-6-8-17(3)9-7-11-19(5)14-15-25-28(23,24)26-27(20,21)22/h9-10,12,14H,6-8,11,13,15H2,1-5H3,(H,23,24)(H2,20,21,22)/b17-9+,18-10+,19-14+. The average molecular weight is 436 g/mol. The number of hydrogen-bond donors (Lipinski definition) is 3. The van der Waals surface area contributed by atoms with Gasteiger partial charge in [0.05, 0.1) is 6.61 Å². The van der Waals surface area contributed by atoms with E-state index in [9.17, 15) is 9.13 Å². The number of phosphoric ester groups is 1. The smallest absolute Gasteiger partial charge is 0.302 e. The van der Waals surface area contributed by atoms with E-state index >= 15 is 0 Å². The summed E-state index contributed by atoms with van der Waals surface area (Å²) in [5.41, 5.74) is 4.95. The van der Waals surface area contributed by atoms with Crippen molar-refractivity contribution in [1.82, 2.24) is 0 Å². The third kappa shape index (κ3) is 17.3. The summed E-state index contributed by atoms with van der Waals surface area (Å²) in [7, 11) is -9.85. The summed E-state index contributed by atoms with van der Waals surface area (Å²) in [5.74, 6) is 0. The minimum absolute atomic E-state index is 0.266. The first-order chi connectivity index (χ1) is 12.8. The Morgan fingerprint density at radius 2 is 1.29 bits per heavy atom. The van der Waals surface area contributed by atoms with Crippen LogP contribution in [0.15, 0.2) is 46.6 Å². The van der Waals surface area contributed by atoms with Crippen molar-refractivity contribution in [3.05, 3.63) is 46.6 Å². The van der Waals surface area contributed by atoms with Crippen LogP contribution in [-0.4, -0.2) is 21.3 Å². The van der Waals surface area contributed by atoms with Crippen molar-refractivity contribution in [2.24, 2.45) is 0 Å². The molecule has 0 fully saturated rings. The minimum atomic E-state index is -5.08. The van der Waals surface area contributed by atoms with E-state index < -0.39 is 15.6 Å². The second kappa shape index (κ2) is 13.4. The fourth-order valence-corrected chi connectivity index (χ4v) is 3.70. The molecule has 0 radical (unpaired) electrons. The van der Waals surface area contributed by atoms with Crippen LogP contribution in [0.25, 0.3) is 0 Å². The maximum Gasteiger partial charge on any atom is 0.481 e. The van der Waals surface area contributed by atoms with Crippen molar-refractivity contribution in [2.45, 2.75) is 66.7 Å². The first-order valence-corrected chi connectivity index (χ1v) is 12.2. The highest BCUT2D eigenvalue weighted by molar-refractivity contribution is 7.60. The number of allylic oxidation sites excluding steroid dienone is 7. The lowest BCUT2D eigenvalue weighted by Crippen LogP contribution is -1.94. The lowest BCUT2D eigenvalue weighted by atomic mass is 10.1. The lowest BCUT2D eigenvalue weighted by Gasteiger charge is -2.11. The van der Waals surface area contributed by atoms with Gasteiger partial charge < -0.3 is 14.7 Å². The molecule has 9 heteroatoms. The van der Waals surface area contributed by atoms with Crippen LogP contribution >= 0.6 is 15.6 Å². The Hall–Kier alpha value is -0.780. The summed E-state index contributed by atoms with van der Waals surface area (Å²) in [6.45, 7) is 10.0. The Bertz CT molecular complexity index is 695. The molecule has 0 amide bonds. The largest absolute Gasteiger partial charge is 0.481 e. The minimum Gasteiger partial charge on any atom is -0.302 e. The maximum absolute atomic E-state index is 11.3. The Morgan fingerprint density at radius 3 is 1.79 bits per heavy atom. The molecule has 3 N–H and O–H groups in total. The first kappa shape index (κ1) is 27.2. The molecular formula is C19H34O7P2. The number of phosphoric acid groups is 2. The van der Waals surface area contributed by atoms with Crippen LogP contribution in [0, 0.1) is 0 Å². The molecule has 0 saturated carbocycles. The van der Waals surface area contributed by atoms with E-state index in [2.05, 4.69) is 54.8 Å². The van der Waals surface area contributed by atoms with Crippen molar-refractivity contribution >= 4 is 15.6 Å². The zero-order valence-electron chi connectivity index (χ0n) is 17.4. The highest BCUT2D eigenvalue weighted by Gasteiger charge is 2.31. The Kier molecular flexibility index (Phi) is 13.1. The van der Waals surface area contributed by atoms with E-state index in [0.717, 1.165) is 37.7 Å². The fraction of sp³-hybridized carbons (Fsp3) is 0.579. The molecule has 28 heavy (non-hydrogen) atoms. The van der Waals surface area contributed by atoms with Gasteiger partial charge in [0.25, 0.3) is 0 Å². The predicted octanol–water partition coefficient (Wildman–Crippen LogP) is 5.97. The van der Waals surface area contributed by atoms with Gasteiger partial charge in [-0.15, -0.1) is 0 Å². The highest BCUT2D eigenvalue weighted by atomic mass is 31.3. The van der Waals surface area contributed by atoms with Crippen LogP contribution in [0.4, 0.5) is 0 Å². The van der Waals surface area contributed by atoms with Crippen molar-refractivity contribution in [1.29, 1.82) is 0 Å². The van der Waals surface area contributed by atoms with Gasteiger partial charge >= 0.3 is 15.6 Å². The molecule has 0 aromatic rings. The molecule has 162 valence electrons.